The molecule has 6 heteroatoms. The van der Waals surface area contributed by atoms with Crippen LogP contribution in [0.2, 0.25) is 0 Å². The Kier molecular flexibility index (Phi) is 9.50. The van der Waals surface area contributed by atoms with E-state index in [1.54, 1.807) is 0 Å². The van der Waals surface area contributed by atoms with E-state index in [0.29, 0.717) is 25.4 Å². The third-order valence-corrected chi connectivity index (χ3v) is 6.26. The van der Waals surface area contributed by atoms with Crippen LogP contribution in [-0.4, -0.2) is 49.5 Å². The molecule has 0 aromatic rings. The lowest BCUT2D eigenvalue weighted by molar-refractivity contribution is -0.121. The number of carbonyl (C=O) groups is 1. The normalized spacial score (nSPS) is 26.3. The molecule has 5 nitrogen and oxygen atoms in total. The van der Waals surface area contributed by atoms with Crippen molar-refractivity contribution in [2.24, 2.45) is 22.7 Å². The first-order valence-corrected chi connectivity index (χ1v) is 10.6. The Hall–Kier alpha value is -0.530. The smallest absolute Gasteiger partial charge is 0.220 e. The summed E-state index contributed by atoms with van der Waals surface area (Å²) in [4.78, 5) is 19.2. The summed E-state index contributed by atoms with van der Waals surface area (Å²) in [6.45, 7) is 6.67. The molecule has 1 amide bonds. The summed E-state index contributed by atoms with van der Waals surface area (Å²) in [6, 6.07) is 0. The zero-order valence-corrected chi connectivity index (χ0v) is 18.7. The Morgan fingerprint density at radius 2 is 1.62 bits per heavy atom. The molecular formula is C20H37IN4O. The number of rotatable bonds is 6. The molecule has 1 aliphatic heterocycles. The lowest BCUT2D eigenvalue weighted by Crippen LogP contribution is -2.41. The van der Waals surface area contributed by atoms with Crippen molar-refractivity contribution in [3.05, 3.63) is 0 Å². The largest absolute Gasteiger partial charge is 0.357 e. The highest BCUT2D eigenvalue weighted by atomic mass is 127. The van der Waals surface area contributed by atoms with E-state index in [9.17, 15) is 4.79 Å². The molecule has 0 aromatic heterocycles. The molecule has 150 valence electrons. The first-order chi connectivity index (χ1) is 12.3. The highest BCUT2D eigenvalue weighted by Crippen LogP contribution is 2.35. The summed E-state index contributed by atoms with van der Waals surface area (Å²) < 4.78 is 0. The van der Waals surface area contributed by atoms with E-state index in [4.69, 9.17) is 4.99 Å². The number of fused-ring (bicyclic) bond motifs is 1. The number of nitrogens with zero attached hydrogens (tertiary/aromatic N) is 2. The summed E-state index contributed by atoms with van der Waals surface area (Å²) in [7, 11) is 0. The van der Waals surface area contributed by atoms with E-state index < -0.39 is 0 Å². The van der Waals surface area contributed by atoms with Gasteiger partial charge < -0.3 is 15.5 Å². The summed E-state index contributed by atoms with van der Waals surface area (Å²) in [5, 5.41) is 6.50. The number of carbonyl (C=O) groups excluding carboxylic acids is 1. The van der Waals surface area contributed by atoms with E-state index >= 15 is 0 Å². The first-order valence-electron chi connectivity index (χ1n) is 10.6. The Morgan fingerprint density at radius 3 is 2.23 bits per heavy atom. The maximum Gasteiger partial charge on any atom is 0.220 e. The number of aliphatic imine (C=N–C) groups is 1. The molecule has 3 rings (SSSR count). The van der Waals surface area contributed by atoms with Gasteiger partial charge >= 0.3 is 0 Å². The minimum absolute atomic E-state index is 0. The minimum atomic E-state index is 0. The molecule has 26 heavy (non-hydrogen) atoms. The molecule has 2 N–H and O–H groups in total. The van der Waals surface area contributed by atoms with Crippen LogP contribution in [0.5, 0.6) is 0 Å². The zero-order valence-electron chi connectivity index (χ0n) is 16.3. The summed E-state index contributed by atoms with van der Waals surface area (Å²) in [5.74, 6) is 3.60. The van der Waals surface area contributed by atoms with E-state index in [1.165, 1.54) is 51.4 Å². The second-order valence-corrected chi connectivity index (χ2v) is 8.15. The van der Waals surface area contributed by atoms with Crippen LogP contribution in [0.3, 0.4) is 0 Å². The number of guanidine groups is 1. The third kappa shape index (κ3) is 6.27. The van der Waals surface area contributed by atoms with Crippen molar-refractivity contribution >= 4 is 35.8 Å². The lowest BCUT2D eigenvalue weighted by Gasteiger charge is -2.22. The van der Waals surface area contributed by atoms with Gasteiger partial charge in [0, 0.05) is 32.6 Å². The van der Waals surface area contributed by atoms with E-state index in [0.717, 1.165) is 37.4 Å². The van der Waals surface area contributed by atoms with Crippen LogP contribution < -0.4 is 10.6 Å². The summed E-state index contributed by atoms with van der Waals surface area (Å²) >= 11 is 0. The number of likely N-dealkylation sites (tertiary alicyclic amines) is 1. The van der Waals surface area contributed by atoms with Crippen molar-refractivity contribution in [2.45, 2.75) is 64.7 Å². The van der Waals surface area contributed by atoms with Crippen molar-refractivity contribution in [1.82, 2.24) is 15.5 Å². The molecule has 0 bridgehead atoms. The molecule has 2 atom stereocenters. The van der Waals surface area contributed by atoms with E-state index in [1.807, 2.05) is 0 Å². The molecule has 0 spiro atoms. The molecule has 2 unspecified atom stereocenters. The monoisotopic (exact) mass is 476 g/mol. The maximum atomic E-state index is 12.0. The average Bonchev–Trinajstić information content (AvgIpc) is 3.26. The minimum Gasteiger partial charge on any atom is -0.357 e. The molecule has 0 radical (unpaired) electrons. The predicted molar refractivity (Wildman–Crippen MR) is 118 cm³/mol. The second kappa shape index (κ2) is 11.3. The Balaban J connectivity index is 0.00000243. The van der Waals surface area contributed by atoms with Crippen molar-refractivity contribution in [3.8, 4) is 0 Å². The molecule has 1 saturated heterocycles. The third-order valence-electron chi connectivity index (χ3n) is 6.26. The standard InChI is InChI=1S/C20H36N4O.HI/c1-2-21-20(24-14-17-9-5-6-10-18(17)15-24)23-12-11-22-19(25)13-16-7-3-4-8-16;/h16-18H,2-15H2,1H3,(H,21,23)(H,22,25);1H. The first kappa shape index (κ1) is 21.8. The van der Waals surface area contributed by atoms with Crippen molar-refractivity contribution < 1.29 is 4.79 Å². The second-order valence-electron chi connectivity index (χ2n) is 8.15. The van der Waals surface area contributed by atoms with Crippen molar-refractivity contribution in [1.29, 1.82) is 0 Å². The van der Waals surface area contributed by atoms with Crippen molar-refractivity contribution in [2.75, 3.05) is 32.7 Å². The fourth-order valence-corrected chi connectivity index (χ4v) is 4.91. The molecule has 3 fully saturated rings. The fourth-order valence-electron chi connectivity index (χ4n) is 4.91. The number of halogens is 1. The van der Waals surface area contributed by atoms with Crippen LogP contribution in [0.1, 0.15) is 64.7 Å². The molecule has 2 aliphatic carbocycles. The average molecular weight is 476 g/mol. The van der Waals surface area contributed by atoms with Crippen LogP contribution in [0, 0.1) is 17.8 Å². The van der Waals surface area contributed by atoms with Gasteiger partial charge in [0.15, 0.2) is 5.96 Å². The maximum absolute atomic E-state index is 12.0. The molecule has 2 saturated carbocycles. The Morgan fingerprint density at radius 1 is 1.00 bits per heavy atom. The Labute approximate surface area is 176 Å². The molecular weight excluding hydrogens is 439 g/mol. The van der Waals surface area contributed by atoms with Gasteiger partial charge in [-0.3, -0.25) is 9.79 Å². The quantitative estimate of drug-likeness (QED) is 0.268. The van der Waals surface area contributed by atoms with Crippen LogP contribution in [0.4, 0.5) is 0 Å². The summed E-state index contributed by atoms with van der Waals surface area (Å²) in [5.41, 5.74) is 0. The van der Waals surface area contributed by atoms with Gasteiger partial charge in [-0.25, -0.2) is 0 Å². The fraction of sp³-hybridized carbons (Fsp3) is 0.900. The van der Waals surface area contributed by atoms with Gasteiger partial charge in [0.05, 0.1) is 6.54 Å². The predicted octanol–water partition coefficient (Wildman–Crippen LogP) is 3.39. The SMILES string of the molecule is CCNC(=NCCNC(=O)CC1CCCC1)N1CC2CCCCC2C1.I. The van der Waals surface area contributed by atoms with Crippen molar-refractivity contribution in [3.63, 3.8) is 0 Å². The zero-order chi connectivity index (χ0) is 17.5. The topological polar surface area (TPSA) is 56.7 Å². The van der Waals surface area contributed by atoms with Crippen LogP contribution in [0.15, 0.2) is 4.99 Å². The molecule has 0 aromatic carbocycles. The van der Waals surface area contributed by atoms with Crippen LogP contribution in [0.25, 0.3) is 0 Å². The van der Waals surface area contributed by atoms with Gasteiger partial charge in [0.25, 0.3) is 0 Å². The number of amides is 1. The van der Waals surface area contributed by atoms with Crippen LogP contribution in [-0.2, 0) is 4.79 Å². The van der Waals surface area contributed by atoms with Crippen LogP contribution >= 0.6 is 24.0 Å². The van der Waals surface area contributed by atoms with E-state index in [2.05, 4.69) is 22.5 Å². The number of nitrogens with one attached hydrogen (secondary N) is 2. The lowest BCUT2D eigenvalue weighted by atomic mass is 9.82. The van der Waals surface area contributed by atoms with Gasteiger partial charge in [-0.1, -0.05) is 25.7 Å². The van der Waals surface area contributed by atoms with E-state index in [-0.39, 0.29) is 29.9 Å². The number of hydrogen-bond acceptors (Lipinski definition) is 2. The highest BCUT2D eigenvalue weighted by Gasteiger charge is 2.35. The van der Waals surface area contributed by atoms with Gasteiger partial charge in [0.2, 0.25) is 5.91 Å². The van der Waals surface area contributed by atoms with Gasteiger partial charge in [0.1, 0.15) is 0 Å². The van der Waals surface area contributed by atoms with Gasteiger partial charge in [-0.05, 0) is 50.4 Å². The molecule has 3 aliphatic rings. The Bertz CT molecular complexity index is 451. The number of hydrogen-bond donors (Lipinski definition) is 2. The summed E-state index contributed by atoms with van der Waals surface area (Å²) in [6.07, 6.45) is 11.3. The highest BCUT2D eigenvalue weighted by molar-refractivity contribution is 14.0. The van der Waals surface area contributed by atoms with Gasteiger partial charge in [-0.2, -0.15) is 0 Å². The molecule has 1 heterocycles. The van der Waals surface area contributed by atoms with Gasteiger partial charge in [-0.15, -0.1) is 24.0 Å².